The number of rotatable bonds is 10. The maximum Gasteiger partial charge on any atom is 0.255 e. The third kappa shape index (κ3) is 6.32. The summed E-state index contributed by atoms with van der Waals surface area (Å²) >= 11 is 0. The van der Waals surface area contributed by atoms with E-state index in [4.69, 9.17) is 10.5 Å². The molecule has 1 aliphatic heterocycles. The predicted octanol–water partition coefficient (Wildman–Crippen LogP) is 3.79. The van der Waals surface area contributed by atoms with Gasteiger partial charge in [0.25, 0.3) is 5.91 Å². The molecule has 3 N–H and O–H groups in total. The maximum atomic E-state index is 15.2. The molecule has 0 unspecified atom stereocenters. The number of anilines is 1. The summed E-state index contributed by atoms with van der Waals surface area (Å²) in [5.41, 5.74) is 6.18. The topological polar surface area (TPSA) is 83.2 Å². The van der Waals surface area contributed by atoms with Crippen LogP contribution in [-0.4, -0.2) is 49.0 Å². The molecule has 0 spiro atoms. The van der Waals surface area contributed by atoms with Gasteiger partial charge in [-0.25, -0.2) is 9.40 Å². The van der Waals surface area contributed by atoms with E-state index in [9.17, 15) is 4.79 Å². The van der Waals surface area contributed by atoms with Crippen molar-refractivity contribution in [2.75, 3.05) is 25.3 Å². The van der Waals surface area contributed by atoms with Crippen molar-refractivity contribution in [3.05, 3.63) is 23.5 Å². The van der Waals surface area contributed by atoms with Gasteiger partial charge in [-0.05, 0) is 31.7 Å². The molecule has 0 fully saturated rings. The molecule has 0 bridgehead atoms. The van der Waals surface area contributed by atoms with Crippen LogP contribution in [0, 0.1) is 17.7 Å². The van der Waals surface area contributed by atoms with Gasteiger partial charge in [0, 0.05) is 31.6 Å². The number of amidine groups is 1. The van der Waals surface area contributed by atoms with E-state index in [1.807, 2.05) is 39.6 Å². The summed E-state index contributed by atoms with van der Waals surface area (Å²) < 4.78 is 21.3. The van der Waals surface area contributed by atoms with Gasteiger partial charge in [-0.3, -0.25) is 4.79 Å². The number of ether oxygens (including phenoxy) is 1. The number of halogens is 1. The normalized spacial score (nSPS) is 16.0. The lowest BCUT2D eigenvalue weighted by atomic mass is 10.1. The molecule has 2 atom stereocenters. The molecule has 0 aromatic heterocycles. The Labute approximate surface area is 185 Å². The van der Waals surface area contributed by atoms with E-state index in [1.165, 1.54) is 6.07 Å². The van der Waals surface area contributed by atoms with Crippen LogP contribution in [0.15, 0.2) is 17.2 Å². The zero-order valence-electron chi connectivity index (χ0n) is 19.9. The monoisotopic (exact) mass is 435 g/mol. The number of carbonyl (C=O) groups is 1. The molecular weight excluding hydrogens is 397 g/mol. The van der Waals surface area contributed by atoms with Gasteiger partial charge >= 0.3 is 0 Å². The minimum atomic E-state index is -0.517. The van der Waals surface area contributed by atoms with Gasteiger partial charge in [-0.1, -0.05) is 34.6 Å². The van der Waals surface area contributed by atoms with Crippen molar-refractivity contribution in [3.8, 4) is 5.75 Å². The van der Waals surface area contributed by atoms with Crippen LogP contribution in [0.5, 0.6) is 5.75 Å². The number of benzene rings is 1. The van der Waals surface area contributed by atoms with Crippen molar-refractivity contribution in [2.45, 2.75) is 66.5 Å². The molecule has 1 aromatic carbocycles. The Balaban J connectivity index is 2.44. The van der Waals surface area contributed by atoms with E-state index in [0.29, 0.717) is 31.3 Å². The van der Waals surface area contributed by atoms with Crippen LogP contribution in [0.1, 0.15) is 64.7 Å². The molecule has 1 aromatic rings. The van der Waals surface area contributed by atoms with Crippen LogP contribution >= 0.6 is 0 Å². The van der Waals surface area contributed by atoms with Gasteiger partial charge in [-0.2, -0.15) is 5.10 Å². The molecule has 0 saturated heterocycles. The third-order valence-corrected chi connectivity index (χ3v) is 5.29. The minimum absolute atomic E-state index is 0.127. The van der Waals surface area contributed by atoms with Crippen molar-refractivity contribution < 1.29 is 13.9 Å². The minimum Gasteiger partial charge on any atom is -0.490 e. The van der Waals surface area contributed by atoms with E-state index >= 15 is 4.39 Å². The van der Waals surface area contributed by atoms with Crippen molar-refractivity contribution in [2.24, 2.45) is 22.7 Å². The Kier molecular flexibility index (Phi) is 8.68. The van der Waals surface area contributed by atoms with E-state index in [1.54, 1.807) is 11.1 Å². The highest BCUT2D eigenvalue weighted by atomic mass is 19.1. The highest BCUT2D eigenvalue weighted by molar-refractivity contribution is 5.98. The van der Waals surface area contributed by atoms with Crippen molar-refractivity contribution in [3.63, 3.8) is 0 Å². The highest BCUT2D eigenvalue weighted by Gasteiger charge is 2.28. The molecule has 7 nitrogen and oxygen atoms in total. The molecule has 1 aliphatic rings. The van der Waals surface area contributed by atoms with Gasteiger partial charge in [0.2, 0.25) is 0 Å². The lowest BCUT2D eigenvalue weighted by molar-refractivity contribution is 0.0929. The summed E-state index contributed by atoms with van der Waals surface area (Å²) in [7, 11) is 1.93. The van der Waals surface area contributed by atoms with Crippen LogP contribution < -0.4 is 20.8 Å². The molecule has 1 amide bonds. The van der Waals surface area contributed by atoms with Gasteiger partial charge in [0.15, 0.2) is 0 Å². The van der Waals surface area contributed by atoms with E-state index < -0.39 is 5.82 Å². The van der Waals surface area contributed by atoms with Crippen LogP contribution in [0.25, 0.3) is 0 Å². The Hall–Kier alpha value is -2.35. The van der Waals surface area contributed by atoms with Crippen LogP contribution in [0.3, 0.4) is 0 Å². The summed E-state index contributed by atoms with van der Waals surface area (Å²) in [6.07, 6.45) is 1.38. The fourth-order valence-electron chi connectivity index (χ4n) is 3.73. The molecule has 8 heteroatoms. The first-order valence-corrected chi connectivity index (χ1v) is 11.2. The molecule has 0 saturated carbocycles. The summed E-state index contributed by atoms with van der Waals surface area (Å²) in [6, 6.07) is 2.65. The molecule has 2 rings (SSSR count). The zero-order chi connectivity index (χ0) is 23.3. The maximum absolute atomic E-state index is 15.2. The summed E-state index contributed by atoms with van der Waals surface area (Å²) in [5.74, 6) is 0.971. The quantitative estimate of drug-likeness (QED) is 0.584. The van der Waals surface area contributed by atoms with Gasteiger partial charge in [0.1, 0.15) is 29.8 Å². The van der Waals surface area contributed by atoms with Gasteiger partial charge in [-0.15, -0.1) is 0 Å². The van der Waals surface area contributed by atoms with Gasteiger partial charge < -0.3 is 20.7 Å². The SMILES string of the molecule is CC[C@H](CN)NC(=O)c1cc(F)c(N2CN(C)C(C(C)C)=N2)cc1O[C@@H](C)CC(C)C. The Bertz CT molecular complexity index is 792. The molecular formula is C23H38FN5O2. The first-order valence-electron chi connectivity index (χ1n) is 11.2. The number of carbonyl (C=O) groups excluding carboxylic acids is 1. The van der Waals surface area contributed by atoms with Crippen molar-refractivity contribution >= 4 is 17.4 Å². The zero-order valence-corrected chi connectivity index (χ0v) is 19.9. The number of hydrogen-bond acceptors (Lipinski definition) is 6. The fourth-order valence-corrected chi connectivity index (χ4v) is 3.73. The number of hydrogen-bond donors (Lipinski definition) is 2. The second-order valence-electron chi connectivity index (χ2n) is 9.02. The smallest absolute Gasteiger partial charge is 0.255 e. The molecule has 0 radical (unpaired) electrons. The Morgan fingerprint density at radius 3 is 2.48 bits per heavy atom. The molecule has 174 valence electrons. The summed E-state index contributed by atoms with van der Waals surface area (Å²) in [4.78, 5) is 14.9. The average molecular weight is 436 g/mol. The van der Waals surface area contributed by atoms with Crippen LogP contribution in [0.2, 0.25) is 0 Å². The lowest BCUT2D eigenvalue weighted by Gasteiger charge is -2.23. The van der Waals surface area contributed by atoms with E-state index in [-0.39, 0.29) is 35.2 Å². The van der Waals surface area contributed by atoms with Crippen LogP contribution in [-0.2, 0) is 0 Å². The van der Waals surface area contributed by atoms with Gasteiger partial charge in [0.05, 0.1) is 11.7 Å². The number of nitrogens with one attached hydrogen (secondary N) is 1. The number of hydrazone groups is 1. The molecule has 1 heterocycles. The third-order valence-electron chi connectivity index (χ3n) is 5.29. The van der Waals surface area contributed by atoms with Crippen molar-refractivity contribution in [1.82, 2.24) is 10.2 Å². The fraction of sp³-hybridized carbons (Fsp3) is 0.652. The van der Waals surface area contributed by atoms with Crippen LogP contribution in [0.4, 0.5) is 10.1 Å². The highest BCUT2D eigenvalue weighted by Crippen LogP contribution is 2.33. The summed E-state index contributed by atoms with van der Waals surface area (Å²) in [5, 5.41) is 9.07. The predicted molar refractivity (Wildman–Crippen MR) is 124 cm³/mol. The molecule has 0 aliphatic carbocycles. The first-order chi connectivity index (χ1) is 14.6. The second kappa shape index (κ2) is 10.8. The standard InChI is InChI=1S/C23H38FN5O2/c1-8-17(12-25)26-23(30)18-10-19(24)20(11-21(18)31-16(6)9-14(2)3)29-13-28(7)22(27-29)15(4)5/h10-11,14-17H,8-9,12-13,25H2,1-7H3,(H,26,30)/t16-,17+/m0/s1. The number of amides is 1. The molecule has 31 heavy (non-hydrogen) atoms. The van der Waals surface area contributed by atoms with E-state index in [0.717, 1.165) is 12.3 Å². The Morgan fingerprint density at radius 1 is 1.29 bits per heavy atom. The Morgan fingerprint density at radius 2 is 1.97 bits per heavy atom. The average Bonchev–Trinajstić information content (AvgIpc) is 3.07. The lowest BCUT2D eigenvalue weighted by Crippen LogP contribution is -2.40. The summed E-state index contributed by atoms with van der Waals surface area (Å²) in [6.45, 7) is 13.0. The largest absolute Gasteiger partial charge is 0.490 e. The first kappa shape index (κ1) is 24.9. The second-order valence-corrected chi connectivity index (χ2v) is 9.02. The van der Waals surface area contributed by atoms with E-state index in [2.05, 4.69) is 24.3 Å². The number of nitrogens with two attached hydrogens (primary N) is 1. The number of nitrogens with zero attached hydrogens (tertiary/aromatic N) is 3. The van der Waals surface area contributed by atoms with Crippen molar-refractivity contribution in [1.29, 1.82) is 0 Å².